The van der Waals surface area contributed by atoms with Gasteiger partial charge in [0, 0.05) is 24.6 Å². The van der Waals surface area contributed by atoms with E-state index < -0.39 is 0 Å². The summed E-state index contributed by atoms with van der Waals surface area (Å²) >= 11 is 0. The van der Waals surface area contributed by atoms with Crippen LogP contribution in [0, 0.1) is 0 Å². The largest absolute Gasteiger partial charge is 0.368 e. The molecule has 0 saturated carbocycles. The van der Waals surface area contributed by atoms with Gasteiger partial charge in [0.2, 0.25) is 5.95 Å². The van der Waals surface area contributed by atoms with E-state index in [1.807, 2.05) is 26.1 Å². The summed E-state index contributed by atoms with van der Waals surface area (Å²) in [4.78, 5) is 27.7. The topological polar surface area (TPSA) is 97.0 Å². The van der Waals surface area contributed by atoms with Gasteiger partial charge < -0.3 is 11.1 Å². The Morgan fingerprint density at radius 2 is 2.04 bits per heavy atom. The second kappa shape index (κ2) is 8.90. The highest BCUT2D eigenvalue weighted by atomic mass is 16.1. The molecule has 1 aliphatic rings. The molecule has 2 aromatic rings. The number of amides is 1. The van der Waals surface area contributed by atoms with E-state index in [1.165, 1.54) is 19.3 Å². The molecule has 1 fully saturated rings. The summed E-state index contributed by atoms with van der Waals surface area (Å²) in [6.45, 7) is 6.60. The van der Waals surface area contributed by atoms with E-state index in [9.17, 15) is 4.79 Å². The Labute approximate surface area is 160 Å². The number of hydrogen-bond donors (Lipinski definition) is 2. The van der Waals surface area contributed by atoms with Gasteiger partial charge in [0.05, 0.1) is 6.04 Å². The molecule has 7 heteroatoms. The van der Waals surface area contributed by atoms with Crippen LogP contribution in [0.25, 0.3) is 0 Å². The number of carbonyl (C=O) groups is 1. The van der Waals surface area contributed by atoms with Crippen LogP contribution in [-0.4, -0.2) is 45.4 Å². The number of pyridine rings is 1. The van der Waals surface area contributed by atoms with Crippen molar-refractivity contribution >= 4 is 11.9 Å². The van der Waals surface area contributed by atoms with Crippen molar-refractivity contribution in [1.29, 1.82) is 0 Å². The van der Waals surface area contributed by atoms with E-state index in [0.717, 1.165) is 24.3 Å². The first kappa shape index (κ1) is 19.2. The van der Waals surface area contributed by atoms with Crippen molar-refractivity contribution in [2.24, 2.45) is 0 Å². The molecule has 0 aliphatic carbocycles. The lowest BCUT2D eigenvalue weighted by atomic mass is 10.0. The number of carbonyl (C=O) groups excluding carboxylic acids is 1. The summed E-state index contributed by atoms with van der Waals surface area (Å²) in [6, 6.07) is 5.83. The van der Waals surface area contributed by atoms with Crippen molar-refractivity contribution in [2.75, 3.05) is 25.4 Å². The third kappa shape index (κ3) is 5.01. The third-order valence-corrected chi connectivity index (χ3v) is 4.94. The molecule has 3 rings (SSSR count). The number of piperidine rings is 1. The average Bonchev–Trinajstić information content (AvgIpc) is 2.69. The van der Waals surface area contributed by atoms with Crippen LogP contribution in [0.15, 0.2) is 30.6 Å². The monoisotopic (exact) mass is 368 g/mol. The number of nitrogens with one attached hydrogen (secondary N) is 1. The number of anilines is 1. The minimum absolute atomic E-state index is 0.103. The van der Waals surface area contributed by atoms with Gasteiger partial charge in [0.25, 0.3) is 5.91 Å². The third-order valence-electron chi connectivity index (χ3n) is 4.94. The van der Waals surface area contributed by atoms with Gasteiger partial charge in [-0.15, -0.1) is 0 Å². The SMILES string of the molecule is CC(C)c1cc(C(=O)NCC(c2cccnc2)N2CCCCC2)nc(N)n1. The minimum atomic E-state index is -0.225. The average molecular weight is 368 g/mol. The van der Waals surface area contributed by atoms with E-state index in [1.54, 1.807) is 12.3 Å². The maximum atomic E-state index is 12.7. The Morgan fingerprint density at radius 1 is 1.26 bits per heavy atom. The Balaban J connectivity index is 1.74. The van der Waals surface area contributed by atoms with Gasteiger partial charge >= 0.3 is 0 Å². The van der Waals surface area contributed by atoms with Crippen LogP contribution in [-0.2, 0) is 0 Å². The Hall–Kier alpha value is -2.54. The van der Waals surface area contributed by atoms with Crippen molar-refractivity contribution in [3.05, 3.63) is 47.5 Å². The number of aromatic nitrogens is 3. The van der Waals surface area contributed by atoms with Gasteiger partial charge in [-0.1, -0.05) is 26.3 Å². The van der Waals surface area contributed by atoms with Crippen LogP contribution in [0.3, 0.4) is 0 Å². The second-order valence-electron chi connectivity index (χ2n) is 7.30. The summed E-state index contributed by atoms with van der Waals surface area (Å²) < 4.78 is 0. The van der Waals surface area contributed by atoms with Crippen molar-refractivity contribution in [3.8, 4) is 0 Å². The molecule has 7 nitrogen and oxygen atoms in total. The van der Waals surface area contributed by atoms with Crippen molar-refractivity contribution in [2.45, 2.75) is 45.1 Å². The Kier molecular flexibility index (Phi) is 6.34. The molecule has 3 heterocycles. The normalized spacial score (nSPS) is 16.3. The van der Waals surface area contributed by atoms with Crippen LogP contribution in [0.5, 0.6) is 0 Å². The standard InChI is InChI=1S/C20H28N6O/c1-14(2)16-11-17(25-20(21)24-16)19(27)23-13-18(15-7-6-8-22-12-15)26-9-4-3-5-10-26/h6-8,11-12,14,18H,3-5,9-10,13H2,1-2H3,(H,23,27)(H2,21,24,25). The molecule has 0 bridgehead atoms. The molecule has 1 saturated heterocycles. The maximum Gasteiger partial charge on any atom is 0.270 e. The number of nitrogen functional groups attached to an aromatic ring is 1. The maximum absolute atomic E-state index is 12.7. The molecule has 27 heavy (non-hydrogen) atoms. The number of rotatable bonds is 6. The predicted octanol–water partition coefficient (Wildman–Crippen LogP) is 2.53. The van der Waals surface area contributed by atoms with Crippen LogP contribution in [0.4, 0.5) is 5.95 Å². The molecule has 1 atom stereocenters. The van der Waals surface area contributed by atoms with Gasteiger partial charge in [-0.2, -0.15) is 0 Å². The summed E-state index contributed by atoms with van der Waals surface area (Å²) in [7, 11) is 0. The van der Waals surface area contributed by atoms with E-state index in [4.69, 9.17) is 5.73 Å². The molecule has 0 aromatic carbocycles. The molecule has 1 aliphatic heterocycles. The van der Waals surface area contributed by atoms with Gasteiger partial charge in [0.1, 0.15) is 5.69 Å². The zero-order valence-electron chi connectivity index (χ0n) is 16.1. The highest BCUT2D eigenvalue weighted by Gasteiger charge is 2.23. The Bertz CT molecular complexity index is 758. The van der Waals surface area contributed by atoms with Crippen molar-refractivity contribution in [3.63, 3.8) is 0 Å². The number of nitrogens with two attached hydrogens (primary N) is 1. The predicted molar refractivity (Wildman–Crippen MR) is 105 cm³/mol. The summed E-state index contributed by atoms with van der Waals surface area (Å²) in [5.41, 5.74) is 7.98. The molecule has 2 aromatic heterocycles. The van der Waals surface area contributed by atoms with Gasteiger partial charge in [-0.05, 0) is 49.5 Å². The van der Waals surface area contributed by atoms with Crippen molar-refractivity contribution < 1.29 is 4.79 Å². The van der Waals surface area contributed by atoms with Crippen LogP contribution in [0.2, 0.25) is 0 Å². The first-order chi connectivity index (χ1) is 13.0. The van der Waals surface area contributed by atoms with Gasteiger partial charge in [-0.3, -0.25) is 14.7 Å². The van der Waals surface area contributed by atoms with E-state index in [2.05, 4.69) is 31.2 Å². The zero-order chi connectivity index (χ0) is 19.2. The molecule has 1 unspecified atom stereocenters. The van der Waals surface area contributed by atoms with Crippen LogP contribution in [0.1, 0.15) is 66.8 Å². The minimum Gasteiger partial charge on any atom is -0.368 e. The number of hydrogen-bond acceptors (Lipinski definition) is 6. The molecule has 144 valence electrons. The molecule has 0 radical (unpaired) electrons. The van der Waals surface area contributed by atoms with E-state index in [0.29, 0.717) is 12.2 Å². The molecule has 0 spiro atoms. The van der Waals surface area contributed by atoms with E-state index in [-0.39, 0.29) is 23.8 Å². The summed E-state index contributed by atoms with van der Waals surface area (Å²) in [6.07, 6.45) is 7.29. The fraction of sp³-hybridized carbons (Fsp3) is 0.500. The lowest BCUT2D eigenvalue weighted by Gasteiger charge is -2.34. The second-order valence-corrected chi connectivity index (χ2v) is 7.30. The number of likely N-dealkylation sites (tertiary alicyclic amines) is 1. The molecular weight excluding hydrogens is 340 g/mol. The summed E-state index contributed by atoms with van der Waals surface area (Å²) in [5, 5.41) is 3.03. The fourth-order valence-electron chi connectivity index (χ4n) is 3.44. The first-order valence-corrected chi connectivity index (χ1v) is 9.61. The van der Waals surface area contributed by atoms with Crippen molar-refractivity contribution in [1.82, 2.24) is 25.2 Å². The molecule has 1 amide bonds. The summed E-state index contributed by atoms with van der Waals surface area (Å²) in [5.74, 6) is 0.0847. The van der Waals surface area contributed by atoms with Gasteiger partial charge in [0.15, 0.2) is 0 Å². The zero-order valence-corrected chi connectivity index (χ0v) is 16.1. The van der Waals surface area contributed by atoms with E-state index >= 15 is 0 Å². The molecule has 3 N–H and O–H groups in total. The highest BCUT2D eigenvalue weighted by Crippen LogP contribution is 2.23. The number of nitrogens with zero attached hydrogens (tertiary/aromatic N) is 4. The smallest absolute Gasteiger partial charge is 0.270 e. The Morgan fingerprint density at radius 3 is 2.70 bits per heavy atom. The van der Waals surface area contributed by atoms with Crippen LogP contribution < -0.4 is 11.1 Å². The first-order valence-electron chi connectivity index (χ1n) is 9.61. The molecular formula is C20H28N6O. The lowest BCUT2D eigenvalue weighted by Crippen LogP contribution is -2.40. The van der Waals surface area contributed by atoms with Gasteiger partial charge in [-0.25, -0.2) is 9.97 Å². The highest BCUT2D eigenvalue weighted by molar-refractivity contribution is 5.92. The fourth-order valence-corrected chi connectivity index (χ4v) is 3.44. The lowest BCUT2D eigenvalue weighted by molar-refractivity contribution is 0.0919. The van der Waals surface area contributed by atoms with Crippen LogP contribution >= 0.6 is 0 Å². The quantitative estimate of drug-likeness (QED) is 0.813.